The molecule has 1 N–H and O–H groups in total. The molecule has 3 aromatic rings. The summed E-state index contributed by atoms with van der Waals surface area (Å²) in [6, 6.07) is 17.6. The molecule has 8 nitrogen and oxygen atoms in total. The van der Waals surface area contributed by atoms with Gasteiger partial charge in [-0.1, -0.05) is 54.2 Å². The summed E-state index contributed by atoms with van der Waals surface area (Å²) in [5.41, 5.74) is 3.40. The van der Waals surface area contributed by atoms with Crippen molar-refractivity contribution >= 4 is 40.6 Å². The zero-order valence-corrected chi connectivity index (χ0v) is 16.8. The summed E-state index contributed by atoms with van der Waals surface area (Å²) in [5, 5.41) is 14.8. The molecule has 2 heterocycles. The van der Waals surface area contributed by atoms with Crippen LogP contribution >= 0.6 is 11.8 Å². The van der Waals surface area contributed by atoms with Gasteiger partial charge >= 0.3 is 0 Å². The van der Waals surface area contributed by atoms with Gasteiger partial charge in [0, 0.05) is 12.8 Å². The minimum atomic E-state index is -0.242. The minimum Gasteiger partial charge on any atom is -0.313 e. The number of hydrogen-bond acceptors (Lipinski definition) is 7. The molecule has 1 aromatic heterocycles. The van der Waals surface area contributed by atoms with Crippen molar-refractivity contribution < 1.29 is 4.79 Å². The number of carbonyl (C=O) groups is 1. The molecule has 2 aromatic carbocycles. The van der Waals surface area contributed by atoms with Gasteiger partial charge in [0.25, 0.3) is 0 Å². The second-order valence-corrected chi connectivity index (χ2v) is 7.45. The molecule has 0 radical (unpaired) electrons. The number of benzene rings is 2. The minimum absolute atomic E-state index is 0.173. The average Bonchev–Trinajstić information content (AvgIpc) is 3.07. The number of nitrogens with one attached hydrogen (secondary N) is 1. The summed E-state index contributed by atoms with van der Waals surface area (Å²) in [6.07, 6.45) is 0. The lowest BCUT2D eigenvalue weighted by Crippen LogP contribution is -2.38. The summed E-state index contributed by atoms with van der Waals surface area (Å²) < 4.78 is 1.53. The van der Waals surface area contributed by atoms with Crippen molar-refractivity contribution in [2.24, 2.45) is 17.0 Å². The van der Waals surface area contributed by atoms with Gasteiger partial charge in [0.15, 0.2) is 0 Å². The van der Waals surface area contributed by atoms with Crippen molar-refractivity contribution in [2.45, 2.75) is 18.0 Å². The van der Waals surface area contributed by atoms with Crippen molar-refractivity contribution in [3.05, 3.63) is 60.2 Å². The Morgan fingerprint density at radius 3 is 2.45 bits per heavy atom. The number of fused-ring (bicyclic) bond motifs is 1. The Morgan fingerprint density at radius 1 is 1.07 bits per heavy atom. The van der Waals surface area contributed by atoms with Gasteiger partial charge in [0.1, 0.15) is 5.84 Å². The Kier molecular flexibility index (Phi) is 5.48. The zero-order valence-electron chi connectivity index (χ0n) is 16.0. The van der Waals surface area contributed by atoms with E-state index < -0.39 is 0 Å². The molecule has 29 heavy (non-hydrogen) atoms. The number of tetrazole rings is 1. The molecule has 0 spiro atoms. The number of hydrogen-bond donors (Lipinski definition) is 1. The molecule has 1 aliphatic rings. The second-order valence-electron chi connectivity index (χ2n) is 6.50. The summed E-state index contributed by atoms with van der Waals surface area (Å²) in [7, 11) is 1.73. The van der Waals surface area contributed by atoms with Gasteiger partial charge in [-0.15, -0.1) is 5.10 Å². The largest absolute Gasteiger partial charge is 0.313 e. The molecule has 0 bridgehead atoms. The van der Waals surface area contributed by atoms with Gasteiger partial charge in [-0.2, -0.15) is 0 Å². The van der Waals surface area contributed by atoms with E-state index in [1.54, 1.807) is 7.05 Å². The predicted octanol–water partition coefficient (Wildman–Crippen LogP) is 3.04. The van der Waals surface area contributed by atoms with E-state index >= 15 is 0 Å². The zero-order chi connectivity index (χ0) is 20.2. The SMILES string of the molecule is CC1=Nc2ccccc2N=C(NC(=O)CSc2nnnn2C)C1c1ccccc1. The van der Waals surface area contributed by atoms with Crippen LogP contribution in [0.3, 0.4) is 0 Å². The van der Waals surface area contributed by atoms with Crippen LogP contribution in [0.2, 0.25) is 0 Å². The lowest BCUT2D eigenvalue weighted by atomic mass is 9.93. The molecule has 4 rings (SSSR count). The highest BCUT2D eigenvalue weighted by Gasteiger charge is 2.26. The van der Waals surface area contributed by atoms with Gasteiger partial charge in [0.2, 0.25) is 11.1 Å². The number of nitrogens with zero attached hydrogens (tertiary/aromatic N) is 6. The van der Waals surface area contributed by atoms with Crippen LogP contribution in [-0.4, -0.2) is 43.4 Å². The molecule has 0 fully saturated rings. The highest BCUT2D eigenvalue weighted by atomic mass is 32.2. The van der Waals surface area contributed by atoms with E-state index in [-0.39, 0.29) is 17.6 Å². The van der Waals surface area contributed by atoms with Gasteiger partial charge in [-0.3, -0.25) is 9.79 Å². The fourth-order valence-electron chi connectivity index (χ4n) is 3.10. The molecule has 1 amide bonds. The number of rotatable bonds is 4. The number of aromatic nitrogens is 4. The first-order chi connectivity index (χ1) is 14.1. The number of amides is 1. The summed E-state index contributed by atoms with van der Waals surface area (Å²) in [6.45, 7) is 1.96. The van der Waals surface area contributed by atoms with Crippen molar-refractivity contribution in [3.8, 4) is 0 Å². The summed E-state index contributed by atoms with van der Waals surface area (Å²) in [5.74, 6) is 0.315. The number of thioether (sulfide) groups is 1. The fraction of sp³-hybridized carbons (Fsp3) is 0.200. The fourth-order valence-corrected chi connectivity index (χ4v) is 3.75. The van der Waals surface area contributed by atoms with Gasteiger partial charge in [-0.25, -0.2) is 9.67 Å². The summed E-state index contributed by atoms with van der Waals surface area (Å²) in [4.78, 5) is 22.2. The lowest BCUT2D eigenvalue weighted by molar-refractivity contribution is -0.117. The molecule has 146 valence electrons. The first-order valence-electron chi connectivity index (χ1n) is 9.04. The van der Waals surface area contributed by atoms with Crippen LogP contribution < -0.4 is 5.32 Å². The Bertz CT molecular complexity index is 1090. The molecule has 1 unspecified atom stereocenters. The molecule has 0 saturated heterocycles. The van der Waals surface area contributed by atoms with Gasteiger partial charge in [-0.05, 0) is 35.0 Å². The molecule has 1 aliphatic heterocycles. The van der Waals surface area contributed by atoms with Crippen molar-refractivity contribution in [1.82, 2.24) is 25.5 Å². The van der Waals surface area contributed by atoms with Crippen molar-refractivity contribution in [1.29, 1.82) is 0 Å². The third-order valence-electron chi connectivity index (χ3n) is 4.42. The standard InChI is InChI=1S/C20H19N7OS/c1-13-18(14-8-4-3-5-9-14)19(22-16-11-7-6-10-15(16)21-13)23-17(28)12-29-20-24-25-26-27(20)2/h3-11,18H,12H2,1-2H3,(H,22,23,28). The van der Waals surface area contributed by atoms with Crippen LogP contribution in [0.5, 0.6) is 0 Å². The first kappa shape index (κ1) is 19.0. The van der Waals surface area contributed by atoms with Crippen molar-refractivity contribution in [3.63, 3.8) is 0 Å². The Labute approximate surface area is 172 Å². The second kappa shape index (κ2) is 8.36. The molecule has 1 atom stereocenters. The number of carbonyl (C=O) groups excluding carboxylic acids is 1. The molecule has 0 saturated carbocycles. The number of aryl methyl sites for hydroxylation is 1. The van der Waals surface area contributed by atoms with E-state index in [9.17, 15) is 4.79 Å². The Balaban J connectivity index is 1.63. The van der Waals surface area contributed by atoms with Crippen LogP contribution in [0.15, 0.2) is 69.7 Å². The number of aliphatic imine (C=N–C) groups is 2. The molecule has 9 heteroatoms. The molecular weight excluding hydrogens is 386 g/mol. The van der Waals surface area contributed by atoms with Crippen molar-refractivity contribution in [2.75, 3.05) is 5.75 Å². The topological polar surface area (TPSA) is 97.4 Å². The maximum Gasteiger partial charge on any atom is 0.235 e. The normalized spacial score (nSPS) is 15.7. The maximum absolute atomic E-state index is 12.7. The van der Waals surface area contributed by atoms with Crippen LogP contribution in [0.25, 0.3) is 0 Å². The molecule has 0 aliphatic carbocycles. The first-order valence-corrected chi connectivity index (χ1v) is 10.0. The third kappa shape index (κ3) is 4.24. The van der Waals surface area contributed by atoms with E-state index in [4.69, 9.17) is 9.98 Å². The quantitative estimate of drug-likeness (QED) is 0.673. The number of para-hydroxylation sites is 2. The highest BCUT2D eigenvalue weighted by Crippen LogP contribution is 2.34. The summed E-state index contributed by atoms with van der Waals surface area (Å²) >= 11 is 1.27. The van der Waals surface area contributed by atoms with Crippen LogP contribution in [0.1, 0.15) is 18.4 Å². The van der Waals surface area contributed by atoms with Crippen LogP contribution in [0, 0.1) is 0 Å². The van der Waals surface area contributed by atoms with Gasteiger partial charge in [0.05, 0.1) is 23.0 Å². The highest BCUT2D eigenvalue weighted by molar-refractivity contribution is 7.99. The van der Waals surface area contributed by atoms with Crippen LogP contribution in [0.4, 0.5) is 11.4 Å². The predicted molar refractivity (Wildman–Crippen MR) is 113 cm³/mol. The monoisotopic (exact) mass is 405 g/mol. The molecular formula is C20H19N7OS. The Hall–Kier alpha value is -3.33. The average molecular weight is 405 g/mol. The van der Waals surface area contributed by atoms with E-state index in [1.165, 1.54) is 16.4 Å². The van der Waals surface area contributed by atoms with Crippen LogP contribution in [-0.2, 0) is 11.8 Å². The van der Waals surface area contributed by atoms with Gasteiger partial charge < -0.3 is 5.32 Å². The smallest absolute Gasteiger partial charge is 0.235 e. The number of amidine groups is 1. The van der Waals surface area contributed by atoms with E-state index in [0.717, 1.165) is 22.6 Å². The van der Waals surface area contributed by atoms with E-state index in [1.807, 2.05) is 61.5 Å². The maximum atomic E-state index is 12.7. The third-order valence-corrected chi connectivity index (χ3v) is 5.44. The van der Waals surface area contributed by atoms with E-state index in [0.29, 0.717) is 11.0 Å². The van der Waals surface area contributed by atoms with E-state index in [2.05, 4.69) is 20.8 Å². The Morgan fingerprint density at radius 2 is 1.76 bits per heavy atom. The lowest BCUT2D eigenvalue weighted by Gasteiger charge is -2.19.